The van der Waals surface area contributed by atoms with Crippen LogP contribution < -0.4 is 5.32 Å². The van der Waals surface area contributed by atoms with E-state index in [4.69, 9.17) is 0 Å². The van der Waals surface area contributed by atoms with Crippen molar-refractivity contribution in [3.63, 3.8) is 0 Å². The number of nitrogens with one attached hydrogen (secondary N) is 1. The number of benzene rings is 1. The second-order valence-electron chi connectivity index (χ2n) is 6.56. The Bertz CT molecular complexity index is 666. The number of pyridine rings is 1. The van der Waals surface area contributed by atoms with E-state index in [-0.39, 0.29) is 5.91 Å². The summed E-state index contributed by atoms with van der Waals surface area (Å²) in [5.74, 6) is -0.115. The predicted octanol–water partition coefficient (Wildman–Crippen LogP) is 4.10. The minimum absolute atomic E-state index is 0.115. The van der Waals surface area contributed by atoms with Crippen LogP contribution >= 0.6 is 0 Å². The van der Waals surface area contributed by atoms with Crippen LogP contribution in [0.15, 0.2) is 48.8 Å². The van der Waals surface area contributed by atoms with E-state index in [9.17, 15) is 4.79 Å². The van der Waals surface area contributed by atoms with Crippen molar-refractivity contribution in [1.29, 1.82) is 0 Å². The second-order valence-corrected chi connectivity index (χ2v) is 6.56. The minimum Gasteiger partial charge on any atom is -0.322 e. The highest BCUT2D eigenvalue weighted by Gasteiger charge is 2.19. The van der Waals surface area contributed by atoms with E-state index < -0.39 is 0 Å². The van der Waals surface area contributed by atoms with Crippen molar-refractivity contribution in [3.05, 3.63) is 59.9 Å². The van der Waals surface area contributed by atoms with Crippen molar-refractivity contribution >= 4 is 11.6 Å². The summed E-state index contributed by atoms with van der Waals surface area (Å²) in [4.78, 5) is 18.8. The van der Waals surface area contributed by atoms with E-state index in [0.717, 1.165) is 17.8 Å². The number of para-hydroxylation sites is 1. The third kappa shape index (κ3) is 4.20. The summed E-state index contributed by atoms with van der Waals surface area (Å²) in [6, 6.07) is 12.3. The Morgan fingerprint density at radius 2 is 1.96 bits per heavy atom. The molecule has 0 saturated heterocycles. The highest BCUT2D eigenvalue weighted by molar-refractivity contribution is 6.04. The van der Waals surface area contributed by atoms with Gasteiger partial charge in [-0.2, -0.15) is 0 Å². The SMILES string of the molecule is CN(Cc1ccccc1NC(=O)c1cccnc1)C1CCCCC1. The van der Waals surface area contributed by atoms with Crippen molar-refractivity contribution < 1.29 is 4.79 Å². The van der Waals surface area contributed by atoms with Crippen LogP contribution in [0.5, 0.6) is 0 Å². The molecule has 1 aliphatic rings. The van der Waals surface area contributed by atoms with Crippen LogP contribution in [-0.2, 0) is 6.54 Å². The maximum Gasteiger partial charge on any atom is 0.257 e. The molecule has 1 heterocycles. The first-order chi connectivity index (χ1) is 11.7. The fourth-order valence-corrected chi connectivity index (χ4v) is 3.39. The van der Waals surface area contributed by atoms with Gasteiger partial charge in [0.1, 0.15) is 0 Å². The van der Waals surface area contributed by atoms with Crippen molar-refractivity contribution in [2.24, 2.45) is 0 Å². The zero-order valence-corrected chi connectivity index (χ0v) is 14.2. The Labute approximate surface area is 143 Å². The number of amides is 1. The molecule has 0 unspecified atom stereocenters. The topological polar surface area (TPSA) is 45.2 Å². The van der Waals surface area contributed by atoms with Crippen molar-refractivity contribution in [2.45, 2.75) is 44.7 Å². The van der Waals surface area contributed by atoms with Gasteiger partial charge in [0, 0.05) is 30.7 Å². The van der Waals surface area contributed by atoms with Gasteiger partial charge in [-0.15, -0.1) is 0 Å². The lowest BCUT2D eigenvalue weighted by Crippen LogP contribution is -2.33. The van der Waals surface area contributed by atoms with Gasteiger partial charge in [-0.1, -0.05) is 37.5 Å². The number of carbonyl (C=O) groups is 1. The molecule has 0 spiro atoms. The summed E-state index contributed by atoms with van der Waals surface area (Å²) in [6.45, 7) is 0.855. The van der Waals surface area contributed by atoms with Crippen LogP contribution in [-0.4, -0.2) is 28.9 Å². The third-order valence-corrected chi connectivity index (χ3v) is 4.81. The number of hydrogen-bond donors (Lipinski definition) is 1. The van der Waals surface area contributed by atoms with Gasteiger partial charge in [-0.25, -0.2) is 0 Å². The molecule has 3 rings (SSSR count). The lowest BCUT2D eigenvalue weighted by atomic mass is 9.94. The van der Waals surface area contributed by atoms with E-state index in [2.05, 4.69) is 28.3 Å². The van der Waals surface area contributed by atoms with Crippen molar-refractivity contribution in [3.8, 4) is 0 Å². The highest BCUT2D eigenvalue weighted by atomic mass is 16.1. The molecule has 0 atom stereocenters. The Kier molecular flexibility index (Phi) is 5.59. The molecule has 4 nitrogen and oxygen atoms in total. The molecule has 4 heteroatoms. The first-order valence-electron chi connectivity index (χ1n) is 8.73. The number of rotatable bonds is 5. The average molecular weight is 323 g/mol. The van der Waals surface area contributed by atoms with Gasteiger partial charge >= 0.3 is 0 Å². The summed E-state index contributed by atoms with van der Waals surface area (Å²) in [7, 11) is 2.19. The highest BCUT2D eigenvalue weighted by Crippen LogP contribution is 2.25. The molecule has 1 amide bonds. The first-order valence-corrected chi connectivity index (χ1v) is 8.73. The number of anilines is 1. The minimum atomic E-state index is -0.115. The van der Waals surface area contributed by atoms with E-state index in [1.165, 1.54) is 32.1 Å². The molecule has 1 fully saturated rings. The number of hydrogen-bond acceptors (Lipinski definition) is 3. The van der Waals surface area contributed by atoms with Crippen LogP contribution in [0.4, 0.5) is 5.69 Å². The largest absolute Gasteiger partial charge is 0.322 e. The Balaban J connectivity index is 1.69. The fraction of sp³-hybridized carbons (Fsp3) is 0.400. The van der Waals surface area contributed by atoms with Crippen LogP contribution in [0.3, 0.4) is 0 Å². The molecular formula is C20H25N3O. The van der Waals surface area contributed by atoms with Crippen LogP contribution in [0, 0.1) is 0 Å². The summed E-state index contributed by atoms with van der Waals surface area (Å²) in [6.07, 6.45) is 9.84. The van der Waals surface area contributed by atoms with Crippen LogP contribution in [0.25, 0.3) is 0 Å². The van der Waals surface area contributed by atoms with Crippen molar-refractivity contribution in [2.75, 3.05) is 12.4 Å². The molecule has 2 aromatic rings. The molecule has 1 aliphatic carbocycles. The zero-order chi connectivity index (χ0) is 16.8. The molecule has 1 saturated carbocycles. The molecular weight excluding hydrogens is 298 g/mol. The standard InChI is InChI=1S/C20H25N3O/c1-23(18-10-3-2-4-11-18)15-17-8-5-6-12-19(17)22-20(24)16-9-7-13-21-14-16/h5-9,12-14,18H,2-4,10-11,15H2,1H3,(H,22,24). The number of aromatic nitrogens is 1. The smallest absolute Gasteiger partial charge is 0.257 e. The van der Waals surface area contributed by atoms with E-state index in [1.807, 2.05) is 18.2 Å². The Hall–Kier alpha value is -2.20. The van der Waals surface area contributed by atoms with Crippen LogP contribution in [0.1, 0.15) is 48.0 Å². The van der Waals surface area contributed by atoms with E-state index in [1.54, 1.807) is 24.5 Å². The quantitative estimate of drug-likeness (QED) is 0.901. The van der Waals surface area contributed by atoms with Crippen LogP contribution in [0.2, 0.25) is 0 Å². The van der Waals surface area contributed by atoms with E-state index in [0.29, 0.717) is 11.6 Å². The third-order valence-electron chi connectivity index (χ3n) is 4.81. The molecule has 1 N–H and O–H groups in total. The van der Waals surface area contributed by atoms with Gasteiger partial charge in [0.2, 0.25) is 0 Å². The maximum atomic E-state index is 12.4. The Morgan fingerprint density at radius 3 is 2.71 bits per heavy atom. The summed E-state index contributed by atoms with van der Waals surface area (Å²) in [5, 5.41) is 3.03. The molecule has 1 aromatic heterocycles. The Morgan fingerprint density at radius 1 is 1.17 bits per heavy atom. The lowest BCUT2D eigenvalue weighted by Gasteiger charge is -2.31. The lowest BCUT2D eigenvalue weighted by molar-refractivity contribution is 0.102. The van der Waals surface area contributed by atoms with Gasteiger partial charge < -0.3 is 5.32 Å². The van der Waals surface area contributed by atoms with Gasteiger partial charge in [0.15, 0.2) is 0 Å². The normalized spacial score (nSPS) is 15.4. The summed E-state index contributed by atoms with van der Waals surface area (Å²) in [5.41, 5.74) is 2.62. The zero-order valence-electron chi connectivity index (χ0n) is 14.2. The van der Waals surface area contributed by atoms with Gasteiger partial charge in [0.25, 0.3) is 5.91 Å². The first kappa shape index (κ1) is 16.7. The van der Waals surface area contributed by atoms with Crippen molar-refractivity contribution in [1.82, 2.24) is 9.88 Å². The van der Waals surface area contributed by atoms with Gasteiger partial charge in [-0.05, 0) is 43.7 Å². The van der Waals surface area contributed by atoms with Gasteiger partial charge in [-0.3, -0.25) is 14.7 Å². The molecule has 24 heavy (non-hydrogen) atoms. The number of nitrogens with zero attached hydrogens (tertiary/aromatic N) is 2. The summed E-state index contributed by atoms with van der Waals surface area (Å²) >= 11 is 0. The second kappa shape index (κ2) is 8.06. The predicted molar refractivity (Wildman–Crippen MR) is 97.0 cm³/mol. The molecule has 1 aromatic carbocycles. The molecule has 0 radical (unpaired) electrons. The maximum absolute atomic E-state index is 12.4. The molecule has 0 aliphatic heterocycles. The molecule has 126 valence electrons. The van der Waals surface area contributed by atoms with E-state index >= 15 is 0 Å². The average Bonchev–Trinajstić information content (AvgIpc) is 2.64. The summed E-state index contributed by atoms with van der Waals surface area (Å²) < 4.78 is 0. The fourth-order valence-electron chi connectivity index (χ4n) is 3.39. The molecule has 0 bridgehead atoms. The number of carbonyl (C=O) groups excluding carboxylic acids is 1. The monoisotopic (exact) mass is 323 g/mol. The van der Waals surface area contributed by atoms with Gasteiger partial charge in [0.05, 0.1) is 5.56 Å².